The summed E-state index contributed by atoms with van der Waals surface area (Å²) >= 11 is 1.76. The van der Waals surface area contributed by atoms with Crippen molar-refractivity contribution < 1.29 is 0 Å². The number of piperidine rings is 1. The number of hydrogen-bond acceptors (Lipinski definition) is 6. The van der Waals surface area contributed by atoms with E-state index < -0.39 is 0 Å². The van der Waals surface area contributed by atoms with Crippen molar-refractivity contribution in [2.24, 2.45) is 5.92 Å². The minimum atomic E-state index is 0.703. The molecule has 5 nitrogen and oxygen atoms in total. The van der Waals surface area contributed by atoms with Gasteiger partial charge in [0.2, 0.25) is 5.95 Å². The predicted octanol–water partition coefficient (Wildman–Crippen LogP) is 2.03. The number of likely N-dealkylation sites (tertiary alicyclic amines) is 1. The Kier molecular flexibility index (Phi) is 3.57. The van der Waals surface area contributed by atoms with Crippen LogP contribution in [0.25, 0.3) is 0 Å². The Bertz CT molecular complexity index is 573. The van der Waals surface area contributed by atoms with Crippen molar-refractivity contribution in [1.29, 1.82) is 0 Å². The van der Waals surface area contributed by atoms with Gasteiger partial charge in [0.15, 0.2) is 0 Å². The molecule has 0 N–H and O–H groups in total. The monoisotopic (exact) mass is 301 g/mol. The van der Waals surface area contributed by atoms with Gasteiger partial charge in [-0.25, -0.2) is 15.0 Å². The molecule has 0 aromatic carbocycles. The number of aromatic nitrogens is 3. The summed E-state index contributed by atoms with van der Waals surface area (Å²) in [7, 11) is 0. The summed E-state index contributed by atoms with van der Waals surface area (Å²) in [6.45, 7) is 4.35. The van der Waals surface area contributed by atoms with Crippen LogP contribution in [0.15, 0.2) is 30.0 Å². The molecule has 2 atom stereocenters. The van der Waals surface area contributed by atoms with Crippen LogP contribution >= 0.6 is 11.3 Å². The molecule has 2 unspecified atom stereocenters. The third-order valence-electron chi connectivity index (χ3n) is 4.61. The summed E-state index contributed by atoms with van der Waals surface area (Å²) in [4.78, 5) is 18.2. The molecule has 0 spiro atoms. The Labute approximate surface area is 128 Å². The van der Waals surface area contributed by atoms with E-state index in [1.165, 1.54) is 24.4 Å². The average Bonchev–Trinajstić information content (AvgIpc) is 3.18. The van der Waals surface area contributed by atoms with Crippen molar-refractivity contribution in [3.05, 3.63) is 35.0 Å². The van der Waals surface area contributed by atoms with Crippen molar-refractivity contribution in [2.75, 3.05) is 24.5 Å². The first-order valence-corrected chi connectivity index (χ1v) is 8.42. The lowest BCUT2D eigenvalue weighted by Crippen LogP contribution is -2.46. The Morgan fingerprint density at radius 2 is 2.00 bits per heavy atom. The summed E-state index contributed by atoms with van der Waals surface area (Å²) in [5.74, 6) is 1.62. The van der Waals surface area contributed by atoms with Gasteiger partial charge < -0.3 is 4.90 Å². The van der Waals surface area contributed by atoms with Crippen LogP contribution in [-0.4, -0.2) is 45.5 Å². The molecule has 6 heteroatoms. The van der Waals surface area contributed by atoms with Gasteiger partial charge in [-0.3, -0.25) is 4.90 Å². The maximum atomic E-state index is 4.43. The molecule has 4 rings (SSSR count). The number of rotatable bonds is 3. The maximum absolute atomic E-state index is 4.43. The number of hydrogen-bond donors (Lipinski definition) is 0. The van der Waals surface area contributed by atoms with E-state index in [-0.39, 0.29) is 0 Å². The molecule has 110 valence electrons. The molecule has 21 heavy (non-hydrogen) atoms. The standard InChI is InChI=1S/C15H19N5S/c1-4-17-15(18-5-1)20-8-3-13-12(10-20)2-7-19(13)11-14-16-6-9-21-14/h1,4-6,9,12-13H,2-3,7-8,10-11H2. The van der Waals surface area contributed by atoms with Crippen LogP contribution in [0.4, 0.5) is 5.95 Å². The predicted molar refractivity (Wildman–Crippen MR) is 83.3 cm³/mol. The van der Waals surface area contributed by atoms with Crippen LogP contribution in [0.1, 0.15) is 17.8 Å². The number of fused-ring (bicyclic) bond motifs is 1. The topological polar surface area (TPSA) is 45.2 Å². The smallest absolute Gasteiger partial charge is 0.225 e. The molecule has 2 aliphatic rings. The molecule has 0 bridgehead atoms. The zero-order chi connectivity index (χ0) is 14.1. The van der Waals surface area contributed by atoms with Crippen LogP contribution in [0.5, 0.6) is 0 Å². The second kappa shape index (κ2) is 5.69. The van der Waals surface area contributed by atoms with Crippen molar-refractivity contribution in [3.8, 4) is 0 Å². The van der Waals surface area contributed by atoms with Gasteiger partial charge in [0.1, 0.15) is 5.01 Å². The van der Waals surface area contributed by atoms with Crippen molar-refractivity contribution in [1.82, 2.24) is 19.9 Å². The molecule has 0 radical (unpaired) electrons. The molecule has 0 amide bonds. The highest BCUT2D eigenvalue weighted by atomic mass is 32.1. The molecule has 2 aromatic heterocycles. The van der Waals surface area contributed by atoms with Gasteiger partial charge in [-0.05, 0) is 31.4 Å². The first-order chi connectivity index (χ1) is 10.4. The summed E-state index contributed by atoms with van der Waals surface area (Å²) in [5, 5.41) is 3.31. The highest BCUT2D eigenvalue weighted by Crippen LogP contribution is 2.33. The SMILES string of the molecule is c1cnc(N2CCC3C(CCN3Cc3nccs3)C2)nc1. The van der Waals surface area contributed by atoms with Crippen LogP contribution in [0, 0.1) is 5.92 Å². The highest BCUT2D eigenvalue weighted by Gasteiger charge is 2.38. The molecule has 2 aliphatic heterocycles. The number of anilines is 1. The van der Waals surface area contributed by atoms with Crippen LogP contribution in [0.3, 0.4) is 0 Å². The van der Waals surface area contributed by atoms with E-state index in [1.54, 1.807) is 11.3 Å². The molecular weight excluding hydrogens is 282 g/mol. The molecule has 2 fully saturated rings. The van der Waals surface area contributed by atoms with Crippen molar-refractivity contribution >= 4 is 17.3 Å². The van der Waals surface area contributed by atoms with E-state index in [2.05, 4.69) is 30.1 Å². The second-order valence-electron chi connectivity index (χ2n) is 5.80. The lowest BCUT2D eigenvalue weighted by Gasteiger charge is -2.37. The average molecular weight is 301 g/mol. The lowest BCUT2D eigenvalue weighted by atomic mass is 9.93. The van der Waals surface area contributed by atoms with Crippen LogP contribution in [-0.2, 0) is 6.54 Å². The zero-order valence-electron chi connectivity index (χ0n) is 11.9. The van der Waals surface area contributed by atoms with E-state index in [0.29, 0.717) is 6.04 Å². The third-order valence-corrected chi connectivity index (χ3v) is 5.37. The lowest BCUT2D eigenvalue weighted by molar-refractivity contribution is 0.193. The van der Waals surface area contributed by atoms with Crippen molar-refractivity contribution in [2.45, 2.75) is 25.4 Å². The molecule has 2 saturated heterocycles. The van der Waals surface area contributed by atoms with Gasteiger partial charge in [-0.2, -0.15) is 0 Å². The van der Waals surface area contributed by atoms with Crippen LogP contribution < -0.4 is 4.90 Å². The minimum absolute atomic E-state index is 0.703. The summed E-state index contributed by atoms with van der Waals surface area (Å²) in [6.07, 6.45) is 8.05. The normalized spacial score (nSPS) is 26.0. The fraction of sp³-hybridized carbons (Fsp3) is 0.533. The minimum Gasteiger partial charge on any atom is -0.340 e. The quantitative estimate of drug-likeness (QED) is 0.868. The van der Waals surface area contributed by atoms with Crippen LogP contribution in [0.2, 0.25) is 0 Å². The fourth-order valence-corrected chi connectivity index (χ4v) is 4.26. The maximum Gasteiger partial charge on any atom is 0.225 e. The Hall–Kier alpha value is -1.53. The zero-order valence-corrected chi connectivity index (χ0v) is 12.7. The van der Waals surface area contributed by atoms with Gasteiger partial charge in [-0.1, -0.05) is 0 Å². The third kappa shape index (κ3) is 2.65. The molecule has 4 heterocycles. The van der Waals surface area contributed by atoms with E-state index in [1.807, 2.05) is 24.7 Å². The van der Waals surface area contributed by atoms with E-state index >= 15 is 0 Å². The highest BCUT2D eigenvalue weighted by molar-refractivity contribution is 7.09. The first kappa shape index (κ1) is 13.2. The summed E-state index contributed by atoms with van der Waals surface area (Å²) < 4.78 is 0. The second-order valence-corrected chi connectivity index (χ2v) is 6.78. The Morgan fingerprint density at radius 1 is 1.10 bits per heavy atom. The molecule has 0 saturated carbocycles. The van der Waals surface area contributed by atoms with Crippen molar-refractivity contribution in [3.63, 3.8) is 0 Å². The summed E-state index contributed by atoms with van der Waals surface area (Å²) in [6, 6.07) is 2.58. The molecular formula is C15H19N5S. The summed E-state index contributed by atoms with van der Waals surface area (Å²) in [5.41, 5.74) is 0. The molecule has 2 aromatic rings. The number of thiazole rings is 1. The fourth-order valence-electron chi connectivity index (χ4n) is 3.62. The van der Waals surface area contributed by atoms with Gasteiger partial charge in [0, 0.05) is 43.1 Å². The number of nitrogens with zero attached hydrogens (tertiary/aromatic N) is 5. The first-order valence-electron chi connectivity index (χ1n) is 7.54. The Balaban J connectivity index is 1.42. The van der Waals surface area contributed by atoms with Gasteiger partial charge in [-0.15, -0.1) is 11.3 Å². The largest absolute Gasteiger partial charge is 0.340 e. The van der Waals surface area contributed by atoms with E-state index in [0.717, 1.165) is 31.5 Å². The van der Waals surface area contributed by atoms with Gasteiger partial charge in [0.25, 0.3) is 0 Å². The van der Waals surface area contributed by atoms with E-state index in [4.69, 9.17) is 0 Å². The van der Waals surface area contributed by atoms with E-state index in [9.17, 15) is 0 Å². The molecule has 0 aliphatic carbocycles. The Morgan fingerprint density at radius 3 is 2.81 bits per heavy atom. The van der Waals surface area contributed by atoms with Gasteiger partial charge >= 0.3 is 0 Å². The van der Waals surface area contributed by atoms with Gasteiger partial charge in [0.05, 0.1) is 6.54 Å².